The van der Waals surface area contributed by atoms with Crippen molar-refractivity contribution in [2.75, 3.05) is 14.1 Å². The largest absolute Gasteiger partial charge is 0.451 e. The van der Waals surface area contributed by atoms with E-state index in [0.717, 1.165) is 17.7 Å². The molecule has 1 aromatic heterocycles. The summed E-state index contributed by atoms with van der Waals surface area (Å²) in [5, 5.41) is 3.51. The lowest BCUT2D eigenvalue weighted by Gasteiger charge is -2.14. The minimum atomic E-state index is -0.247. The van der Waals surface area contributed by atoms with Crippen molar-refractivity contribution in [3.8, 4) is 11.3 Å². The number of hydrogen-bond donors (Lipinski definition) is 1. The maximum atomic E-state index is 12.4. The van der Waals surface area contributed by atoms with E-state index < -0.39 is 0 Å². The summed E-state index contributed by atoms with van der Waals surface area (Å²) in [4.78, 5) is 14.5. The molecule has 5 heteroatoms. The van der Waals surface area contributed by atoms with E-state index in [1.165, 1.54) is 5.56 Å². The van der Waals surface area contributed by atoms with Gasteiger partial charge in [0.05, 0.1) is 5.02 Å². The van der Waals surface area contributed by atoms with Gasteiger partial charge in [0, 0.05) is 18.7 Å². The highest BCUT2D eigenvalue weighted by Gasteiger charge is 2.14. The average Bonchev–Trinajstić information content (AvgIpc) is 3.10. The Bertz CT molecular complexity index is 902. The van der Waals surface area contributed by atoms with Gasteiger partial charge in [0.1, 0.15) is 5.76 Å². The van der Waals surface area contributed by atoms with Crippen LogP contribution < -0.4 is 5.32 Å². The van der Waals surface area contributed by atoms with Crippen molar-refractivity contribution in [1.82, 2.24) is 10.2 Å². The predicted molar refractivity (Wildman–Crippen MR) is 104 cm³/mol. The lowest BCUT2D eigenvalue weighted by Crippen LogP contribution is -2.23. The Morgan fingerprint density at radius 2 is 1.69 bits per heavy atom. The molecule has 26 heavy (non-hydrogen) atoms. The molecule has 1 amide bonds. The Balaban J connectivity index is 1.69. The Labute approximate surface area is 158 Å². The third-order valence-corrected chi connectivity index (χ3v) is 4.34. The molecular weight excluding hydrogens is 348 g/mol. The van der Waals surface area contributed by atoms with E-state index in [9.17, 15) is 4.79 Å². The van der Waals surface area contributed by atoms with Gasteiger partial charge >= 0.3 is 0 Å². The third-order valence-electron chi connectivity index (χ3n) is 4.01. The van der Waals surface area contributed by atoms with Gasteiger partial charge in [-0.2, -0.15) is 0 Å². The molecule has 4 nitrogen and oxygen atoms in total. The fourth-order valence-corrected chi connectivity index (χ4v) is 2.98. The third kappa shape index (κ3) is 4.34. The van der Waals surface area contributed by atoms with Gasteiger partial charge in [0.15, 0.2) is 5.76 Å². The molecule has 0 spiro atoms. The van der Waals surface area contributed by atoms with E-state index in [0.29, 0.717) is 17.3 Å². The molecule has 0 aliphatic rings. The molecule has 0 fully saturated rings. The van der Waals surface area contributed by atoms with Crippen molar-refractivity contribution in [3.05, 3.63) is 82.6 Å². The van der Waals surface area contributed by atoms with E-state index in [-0.39, 0.29) is 11.7 Å². The van der Waals surface area contributed by atoms with Crippen LogP contribution in [-0.2, 0) is 13.1 Å². The number of carbonyl (C=O) groups excluding carboxylic acids is 1. The first-order valence-corrected chi connectivity index (χ1v) is 8.77. The summed E-state index contributed by atoms with van der Waals surface area (Å²) >= 11 is 6.18. The number of nitrogens with one attached hydrogen (secondary N) is 1. The summed E-state index contributed by atoms with van der Waals surface area (Å²) in [6.07, 6.45) is 0. The molecule has 0 aliphatic carbocycles. The van der Waals surface area contributed by atoms with Gasteiger partial charge in [0.25, 0.3) is 5.91 Å². The first-order valence-electron chi connectivity index (χ1n) is 8.39. The Kier molecular flexibility index (Phi) is 5.76. The SMILES string of the molecule is CN(C)Cc1ccccc1CNC(=O)c1ccc(-c2ccccc2Cl)o1. The van der Waals surface area contributed by atoms with Crippen LogP contribution >= 0.6 is 11.6 Å². The normalized spacial score (nSPS) is 10.9. The van der Waals surface area contributed by atoms with Crippen molar-refractivity contribution in [3.63, 3.8) is 0 Å². The first kappa shape index (κ1) is 18.2. The van der Waals surface area contributed by atoms with Crippen LogP contribution in [0.2, 0.25) is 5.02 Å². The monoisotopic (exact) mass is 368 g/mol. The number of nitrogens with zero attached hydrogens (tertiary/aromatic N) is 1. The molecule has 0 radical (unpaired) electrons. The van der Waals surface area contributed by atoms with Crippen LogP contribution in [0.15, 0.2) is 65.1 Å². The number of rotatable bonds is 6. The molecule has 3 rings (SSSR count). The Hall–Kier alpha value is -2.56. The van der Waals surface area contributed by atoms with Crippen molar-refractivity contribution < 1.29 is 9.21 Å². The lowest BCUT2D eigenvalue weighted by molar-refractivity contribution is 0.0924. The van der Waals surface area contributed by atoms with Crippen LogP contribution in [-0.4, -0.2) is 24.9 Å². The summed E-state index contributed by atoms with van der Waals surface area (Å²) < 4.78 is 5.69. The van der Waals surface area contributed by atoms with Crippen molar-refractivity contribution in [1.29, 1.82) is 0 Å². The minimum absolute atomic E-state index is 0.247. The maximum absolute atomic E-state index is 12.4. The van der Waals surface area contributed by atoms with Crippen molar-refractivity contribution in [2.45, 2.75) is 13.1 Å². The summed E-state index contributed by atoms with van der Waals surface area (Å²) in [5.41, 5.74) is 3.05. The van der Waals surface area contributed by atoms with Crippen LogP contribution in [0.4, 0.5) is 0 Å². The van der Waals surface area contributed by atoms with Crippen LogP contribution in [0.5, 0.6) is 0 Å². The molecule has 0 bridgehead atoms. The zero-order valence-corrected chi connectivity index (χ0v) is 15.6. The summed E-state index contributed by atoms with van der Waals surface area (Å²) in [6, 6.07) is 18.9. The molecule has 0 unspecified atom stereocenters. The van der Waals surface area contributed by atoms with Crippen LogP contribution in [0.25, 0.3) is 11.3 Å². The van der Waals surface area contributed by atoms with Gasteiger partial charge in [-0.25, -0.2) is 0 Å². The smallest absolute Gasteiger partial charge is 0.287 e. The highest BCUT2D eigenvalue weighted by Crippen LogP contribution is 2.29. The van der Waals surface area contributed by atoms with Crippen molar-refractivity contribution >= 4 is 17.5 Å². The van der Waals surface area contributed by atoms with Gasteiger partial charge in [-0.05, 0) is 49.5 Å². The predicted octanol–water partition coefficient (Wildman–Crippen LogP) is 4.59. The molecule has 0 saturated heterocycles. The van der Waals surface area contributed by atoms with E-state index in [1.807, 2.05) is 50.5 Å². The molecular formula is C21H21ClN2O2. The Morgan fingerprint density at radius 3 is 2.42 bits per heavy atom. The van der Waals surface area contributed by atoms with E-state index in [4.69, 9.17) is 16.0 Å². The van der Waals surface area contributed by atoms with Crippen molar-refractivity contribution in [2.24, 2.45) is 0 Å². The average molecular weight is 369 g/mol. The molecule has 134 valence electrons. The molecule has 1 N–H and O–H groups in total. The van der Waals surface area contributed by atoms with E-state index in [2.05, 4.69) is 16.3 Å². The van der Waals surface area contributed by atoms with E-state index in [1.54, 1.807) is 18.2 Å². The summed E-state index contributed by atoms with van der Waals surface area (Å²) in [7, 11) is 4.04. The summed E-state index contributed by atoms with van der Waals surface area (Å²) in [5.74, 6) is 0.599. The molecule has 1 heterocycles. The quantitative estimate of drug-likeness (QED) is 0.692. The summed E-state index contributed by atoms with van der Waals surface area (Å²) in [6.45, 7) is 1.27. The topological polar surface area (TPSA) is 45.5 Å². The second-order valence-electron chi connectivity index (χ2n) is 6.33. The van der Waals surface area contributed by atoms with E-state index >= 15 is 0 Å². The number of halogens is 1. The van der Waals surface area contributed by atoms with Gasteiger partial charge in [-0.3, -0.25) is 4.79 Å². The van der Waals surface area contributed by atoms with Gasteiger partial charge in [-0.15, -0.1) is 0 Å². The second kappa shape index (κ2) is 8.21. The standard InChI is InChI=1S/C21H21ClN2O2/c1-24(2)14-16-8-4-3-7-15(16)13-23-21(25)20-12-11-19(26-20)17-9-5-6-10-18(17)22/h3-12H,13-14H2,1-2H3,(H,23,25). The number of furan rings is 1. The van der Waals surface area contributed by atoms with Gasteiger partial charge < -0.3 is 14.6 Å². The number of carbonyl (C=O) groups is 1. The highest BCUT2D eigenvalue weighted by atomic mass is 35.5. The highest BCUT2D eigenvalue weighted by molar-refractivity contribution is 6.33. The van der Waals surface area contributed by atoms with Crippen LogP contribution in [0.1, 0.15) is 21.7 Å². The minimum Gasteiger partial charge on any atom is -0.451 e. The second-order valence-corrected chi connectivity index (χ2v) is 6.74. The lowest BCUT2D eigenvalue weighted by atomic mass is 10.1. The molecule has 3 aromatic rings. The number of benzene rings is 2. The zero-order chi connectivity index (χ0) is 18.5. The van der Waals surface area contributed by atoms with Crippen LogP contribution in [0.3, 0.4) is 0 Å². The van der Waals surface area contributed by atoms with Gasteiger partial charge in [0.2, 0.25) is 0 Å². The molecule has 0 atom stereocenters. The van der Waals surface area contributed by atoms with Gasteiger partial charge in [-0.1, -0.05) is 48.0 Å². The number of hydrogen-bond acceptors (Lipinski definition) is 3. The first-order chi connectivity index (χ1) is 12.5. The fraction of sp³-hybridized carbons (Fsp3) is 0.190. The molecule has 2 aromatic carbocycles. The maximum Gasteiger partial charge on any atom is 0.287 e. The number of amides is 1. The molecule has 0 saturated carbocycles. The zero-order valence-electron chi connectivity index (χ0n) is 14.8. The van der Waals surface area contributed by atoms with Crippen LogP contribution in [0, 0.1) is 0 Å². The fourth-order valence-electron chi connectivity index (χ4n) is 2.75. The Morgan fingerprint density at radius 1 is 1.00 bits per heavy atom. The molecule has 0 aliphatic heterocycles.